The van der Waals surface area contributed by atoms with E-state index in [1.165, 1.54) is 28.9 Å². The average molecular weight is 346 g/mol. The molecule has 2 heterocycles. The molecule has 0 saturated heterocycles. The number of benzene rings is 2. The summed E-state index contributed by atoms with van der Waals surface area (Å²) in [7, 11) is 0. The maximum Gasteiger partial charge on any atom is 0.119 e. The lowest BCUT2D eigenvalue weighted by Crippen LogP contribution is -2.32. The smallest absolute Gasteiger partial charge is 0.119 e. The van der Waals surface area contributed by atoms with Gasteiger partial charge in [-0.05, 0) is 61.2 Å². The van der Waals surface area contributed by atoms with Gasteiger partial charge in [0.15, 0.2) is 0 Å². The topological polar surface area (TPSA) is 24.8 Å². The molecule has 0 spiro atoms. The second-order valence-electron chi connectivity index (χ2n) is 7.46. The standard InChI is InChI=1S/C23H26N2O/c1-4-26-19-13-11-18(12-14-19)24-16-17-8-7-15-25-21-10-6-5-9-20(21)23(2,3)22(17)25/h5-6,9-14,16H,4,7-8,15H2,1-3H3. The molecule has 134 valence electrons. The summed E-state index contributed by atoms with van der Waals surface area (Å²) in [4.78, 5) is 7.25. The quantitative estimate of drug-likeness (QED) is 0.670. The highest BCUT2D eigenvalue weighted by Gasteiger charge is 2.42. The van der Waals surface area contributed by atoms with E-state index in [4.69, 9.17) is 9.73 Å². The zero-order chi connectivity index (χ0) is 18.1. The monoisotopic (exact) mass is 346 g/mol. The molecule has 3 nitrogen and oxygen atoms in total. The summed E-state index contributed by atoms with van der Waals surface area (Å²) in [5, 5.41) is 0. The molecule has 0 saturated carbocycles. The number of ether oxygens (including phenoxy) is 1. The molecule has 2 aromatic carbocycles. The molecule has 0 amide bonds. The molecule has 2 aliphatic heterocycles. The third-order valence-corrected chi connectivity index (χ3v) is 5.38. The number of para-hydroxylation sites is 1. The first kappa shape index (κ1) is 16.9. The van der Waals surface area contributed by atoms with Crippen molar-refractivity contribution < 1.29 is 4.74 Å². The van der Waals surface area contributed by atoms with Crippen LogP contribution in [0.15, 0.2) is 64.8 Å². The van der Waals surface area contributed by atoms with Gasteiger partial charge in [-0.1, -0.05) is 32.0 Å². The molecule has 0 aromatic heterocycles. The summed E-state index contributed by atoms with van der Waals surface area (Å²) in [5.41, 5.74) is 6.54. The van der Waals surface area contributed by atoms with Crippen LogP contribution in [0.3, 0.4) is 0 Å². The van der Waals surface area contributed by atoms with E-state index in [1.807, 2.05) is 31.2 Å². The minimum Gasteiger partial charge on any atom is -0.494 e. The summed E-state index contributed by atoms with van der Waals surface area (Å²) in [6, 6.07) is 16.8. The first-order valence-corrected chi connectivity index (χ1v) is 9.49. The van der Waals surface area contributed by atoms with Gasteiger partial charge in [-0.2, -0.15) is 0 Å². The second kappa shape index (κ2) is 6.64. The Labute approximate surface area is 156 Å². The van der Waals surface area contributed by atoms with Crippen LogP contribution in [0.4, 0.5) is 11.4 Å². The van der Waals surface area contributed by atoms with Gasteiger partial charge in [-0.3, -0.25) is 4.99 Å². The summed E-state index contributed by atoms with van der Waals surface area (Å²) in [5.74, 6) is 0.893. The molecule has 4 rings (SSSR count). The molecular formula is C23H26N2O. The Morgan fingerprint density at radius 2 is 1.88 bits per heavy atom. The van der Waals surface area contributed by atoms with Gasteiger partial charge in [0.25, 0.3) is 0 Å². The summed E-state index contributed by atoms with van der Waals surface area (Å²) in [6.07, 6.45) is 4.33. The zero-order valence-electron chi connectivity index (χ0n) is 15.8. The lowest BCUT2D eigenvalue weighted by atomic mass is 9.81. The molecule has 3 heteroatoms. The second-order valence-corrected chi connectivity index (χ2v) is 7.46. The van der Waals surface area contributed by atoms with Gasteiger partial charge in [0.1, 0.15) is 5.75 Å². The van der Waals surface area contributed by atoms with Crippen LogP contribution in [-0.2, 0) is 5.41 Å². The van der Waals surface area contributed by atoms with Crippen LogP contribution in [0.2, 0.25) is 0 Å². The molecule has 26 heavy (non-hydrogen) atoms. The minimum atomic E-state index is 0.0250. The number of anilines is 1. The summed E-state index contributed by atoms with van der Waals surface area (Å²) >= 11 is 0. The van der Waals surface area contributed by atoms with Gasteiger partial charge in [0, 0.05) is 29.6 Å². The number of hydrogen-bond acceptors (Lipinski definition) is 3. The molecule has 0 unspecified atom stereocenters. The number of hydrogen-bond donors (Lipinski definition) is 0. The highest BCUT2D eigenvalue weighted by molar-refractivity contribution is 5.87. The maximum absolute atomic E-state index is 5.51. The Hall–Kier alpha value is -2.55. The number of aliphatic imine (C=N–C) groups is 1. The minimum absolute atomic E-state index is 0.0250. The Morgan fingerprint density at radius 3 is 2.65 bits per heavy atom. The molecule has 0 N–H and O–H groups in total. The highest BCUT2D eigenvalue weighted by Crippen LogP contribution is 2.50. The van der Waals surface area contributed by atoms with E-state index in [-0.39, 0.29) is 5.41 Å². The molecule has 0 fully saturated rings. The van der Waals surface area contributed by atoms with Crippen molar-refractivity contribution in [1.29, 1.82) is 0 Å². The van der Waals surface area contributed by atoms with Crippen molar-refractivity contribution in [1.82, 2.24) is 0 Å². The summed E-state index contributed by atoms with van der Waals surface area (Å²) in [6.45, 7) is 8.44. The first-order valence-electron chi connectivity index (χ1n) is 9.49. The molecule has 2 aliphatic rings. The number of allylic oxidation sites excluding steroid dienone is 2. The van der Waals surface area contributed by atoms with Gasteiger partial charge in [-0.25, -0.2) is 0 Å². The normalized spacial score (nSPS) is 18.2. The average Bonchev–Trinajstić information content (AvgIpc) is 2.90. The zero-order valence-corrected chi connectivity index (χ0v) is 15.8. The van der Waals surface area contributed by atoms with Gasteiger partial charge in [0.2, 0.25) is 0 Å². The van der Waals surface area contributed by atoms with E-state index in [0.717, 1.165) is 24.4 Å². The predicted octanol–water partition coefficient (Wildman–Crippen LogP) is 5.63. The number of rotatable bonds is 4. The molecule has 0 bridgehead atoms. The van der Waals surface area contributed by atoms with Crippen LogP contribution in [0.1, 0.15) is 39.2 Å². The molecule has 0 aliphatic carbocycles. The van der Waals surface area contributed by atoms with Gasteiger partial charge >= 0.3 is 0 Å². The van der Waals surface area contributed by atoms with Crippen LogP contribution in [0.5, 0.6) is 5.75 Å². The Balaban J connectivity index is 1.68. The molecular weight excluding hydrogens is 320 g/mol. The number of fused-ring (bicyclic) bond motifs is 3. The number of nitrogens with zero attached hydrogens (tertiary/aromatic N) is 2. The summed E-state index contributed by atoms with van der Waals surface area (Å²) < 4.78 is 5.51. The van der Waals surface area contributed by atoms with Crippen LogP contribution < -0.4 is 9.64 Å². The Bertz CT molecular complexity index is 862. The first-order chi connectivity index (χ1) is 12.6. The van der Waals surface area contributed by atoms with Crippen LogP contribution in [-0.4, -0.2) is 19.4 Å². The van der Waals surface area contributed by atoms with Crippen molar-refractivity contribution in [3.05, 3.63) is 65.4 Å². The fourth-order valence-electron chi connectivity index (χ4n) is 4.25. The molecule has 0 radical (unpaired) electrons. The van der Waals surface area contributed by atoms with Crippen molar-refractivity contribution in [2.45, 2.75) is 39.0 Å². The third kappa shape index (κ3) is 2.82. The Morgan fingerprint density at radius 1 is 1.12 bits per heavy atom. The lowest BCUT2D eigenvalue weighted by Gasteiger charge is -2.33. The molecule has 2 aromatic rings. The van der Waals surface area contributed by atoms with E-state index < -0.39 is 0 Å². The van der Waals surface area contributed by atoms with Crippen LogP contribution >= 0.6 is 0 Å². The van der Waals surface area contributed by atoms with E-state index >= 15 is 0 Å². The predicted molar refractivity (Wildman–Crippen MR) is 109 cm³/mol. The van der Waals surface area contributed by atoms with Crippen LogP contribution in [0.25, 0.3) is 0 Å². The van der Waals surface area contributed by atoms with Crippen molar-refractivity contribution in [3.63, 3.8) is 0 Å². The van der Waals surface area contributed by atoms with Gasteiger partial charge in [-0.15, -0.1) is 0 Å². The van der Waals surface area contributed by atoms with E-state index in [9.17, 15) is 0 Å². The maximum atomic E-state index is 5.51. The van der Waals surface area contributed by atoms with Crippen molar-refractivity contribution in [2.75, 3.05) is 18.1 Å². The van der Waals surface area contributed by atoms with Gasteiger partial charge < -0.3 is 9.64 Å². The van der Waals surface area contributed by atoms with Crippen LogP contribution in [0, 0.1) is 0 Å². The lowest BCUT2D eigenvalue weighted by molar-refractivity contribution is 0.340. The third-order valence-electron chi connectivity index (χ3n) is 5.38. The van der Waals surface area contributed by atoms with E-state index in [2.05, 4.69) is 49.2 Å². The fraction of sp³-hybridized carbons (Fsp3) is 0.348. The van der Waals surface area contributed by atoms with Crippen molar-refractivity contribution >= 4 is 17.6 Å². The SMILES string of the molecule is CCOc1ccc(N=CC2=C3N(CCC2)c2ccccc2C3(C)C)cc1. The van der Waals surface area contributed by atoms with Gasteiger partial charge in [0.05, 0.1) is 12.3 Å². The molecule has 0 atom stereocenters. The van der Waals surface area contributed by atoms with Crippen molar-refractivity contribution in [3.8, 4) is 5.75 Å². The Kier molecular flexibility index (Phi) is 4.31. The highest BCUT2D eigenvalue weighted by atomic mass is 16.5. The van der Waals surface area contributed by atoms with E-state index in [0.29, 0.717) is 6.61 Å². The fourth-order valence-corrected chi connectivity index (χ4v) is 4.25. The van der Waals surface area contributed by atoms with Crippen molar-refractivity contribution in [2.24, 2.45) is 4.99 Å². The largest absolute Gasteiger partial charge is 0.494 e. The van der Waals surface area contributed by atoms with E-state index in [1.54, 1.807) is 0 Å².